The third-order valence-corrected chi connectivity index (χ3v) is 5.30. The lowest BCUT2D eigenvalue weighted by molar-refractivity contribution is -0.122. The van der Waals surface area contributed by atoms with Gasteiger partial charge in [-0.1, -0.05) is 41.9 Å². The standard InChI is InChI=1S/C25H18ClFN2O5/c1-33-22-13-15(9-10-21(22)34-14-16-5-4-6-17(27)11-16)12-18-23(30)28-25(32)29(24(18)31)20-8-3-2-7-19(20)26/h2-13H,14H2,1H3,(H,28,30,32)/b18-12+. The van der Waals surface area contributed by atoms with Crippen LogP contribution in [-0.4, -0.2) is 25.0 Å². The number of anilines is 1. The fraction of sp³-hybridized carbons (Fsp3) is 0.0800. The summed E-state index contributed by atoms with van der Waals surface area (Å²) in [5.41, 5.74) is 1.00. The first-order chi connectivity index (χ1) is 16.4. The summed E-state index contributed by atoms with van der Waals surface area (Å²) in [5.74, 6) is -1.28. The molecule has 9 heteroatoms. The quantitative estimate of drug-likeness (QED) is 0.407. The van der Waals surface area contributed by atoms with Crippen molar-refractivity contribution < 1.29 is 28.2 Å². The maximum atomic E-state index is 13.4. The van der Waals surface area contributed by atoms with E-state index in [9.17, 15) is 18.8 Å². The molecule has 34 heavy (non-hydrogen) atoms. The molecule has 0 spiro atoms. The molecular weight excluding hydrogens is 463 g/mol. The molecule has 1 aliphatic rings. The summed E-state index contributed by atoms with van der Waals surface area (Å²) in [6, 6.07) is 16.2. The van der Waals surface area contributed by atoms with E-state index in [1.54, 1.807) is 42.5 Å². The molecule has 0 aliphatic carbocycles. The van der Waals surface area contributed by atoms with E-state index in [0.29, 0.717) is 22.6 Å². The number of para-hydroxylation sites is 1. The Morgan fingerprint density at radius 2 is 1.79 bits per heavy atom. The number of benzene rings is 3. The average Bonchev–Trinajstić information content (AvgIpc) is 2.82. The van der Waals surface area contributed by atoms with Gasteiger partial charge in [-0.2, -0.15) is 0 Å². The van der Waals surface area contributed by atoms with Gasteiger partial charge >= 0.3 is 6.03 Å². The SMILES string of the molecule is COc1cc(/C=C2\C(=O)NC(=O)N(c3ccccc3Cl)C2=O)ccc1OCc1cccc(F)c1. The van der Waals surface area contributed by atoms with Crippen LogP contribution in [0, 0.1) is 5.82 Å². The largest absolute Gasteiger partial charge is 0.493 e. The molecule has 1 fully saturated rings. The molecule has 3 aromatic rings. The van der Waals surface area contributed by atoms with E-state index < -0.39 is 17.8 Å². The van der Waals surface area contributed by atoms with E-state index in [1.165, 1.54) is 37.5 Å². The van der Waals surface area contributed by atoms with Crippen LogP contribution in [0.3, 0.4) is 0 Å². The second-order valence-corrected chi connectivity index (χ2v) is 7.65. The number of methoxy groups -OCH3 is 1. The zero-order chi connectivity index (χ0) is 24.2. The molecule has 1 saturated heterocycles. The minimum Gasteiger partial charge on any atom is -0.493 e. The van der Waals surface area contributed by atoms with Gasteiger partial charge in [-0.05, 0) is 53.6 Å². The first-order valence-corrected chi connectivity index (χ1v) is 10.5. The molecule has 172 valence electrons. The normalized spacial score (nSPS) is 14.9. The first-order valence-electron chi connectivity index (χ1n) is 10.1. The van der Waals surface area contributed by atoms with E-state index in [1.807, 2.05) is 0 Å². The highest BCUT2D eigenvalue weighted by molar-refractivity contribution is 6.42. The highest BCUT2D eigenvalue weighted by atomic mass is 35.5. The Kier molecular flexibility index (Phi) is 6.60. The second-order valence-electron chi connectivity index (χ2n) is 7.24. The summed E-state index contributed by atoms with van der Waals surface area (Å²) in [6.45, 7) is 0.115. The molecule has 0 radical (unpaired) electrons. The monoisotopic (exact) mass is 480 g/mol. The van der Waals surface area contributed by atoms with Gasteiger partial charge in [0.05, 0.1) is 17.8 Å². The minimum absolute atomic E-state index is 0.115. The molecule has 0 unspecified atom stereocenters. The van der Waals surface area contributed by atoms with Crippen molar-refractivity contribution in [3.05, 3.63) is 94.3 Å². The zero-order valence-corrected chi connectivity index (χ0v) is 18.6. The van der Waals surface area contributed by atoms with E-state index >= 15 is 0 Å². The molecule has 0 atom stereocenters. The number of nitrogens with one attached hydrogen (secondary N) is 1. The van der Waals surface area contributed by atoms with E-state index in [4.69, 9.17) is 21.1 Å². The number of hydrogen-bond acceptors (Lipinski definition) is 5. The fourth-order valence-electron chi connectivity index (χ4n) is 3.36. The van der Waals surface area contributed by atoms with Crippen LogP contribution >= 0.6 is 11.6 Å². The van der Waals surface area contributed by atoms with Crippen molar-refractivity contribution in [2.45, 2.75) is 6.61 Å². The van der Waals surface area contributed by atoms with Crippen LogP contribution in [0.2, 0.25) is 5.02 Å². The topological polar surface area (TPSA) is 84.9 Å². The Bertz CT molecular complexity index is 1320. The van der Waals surface area contributed by atoms with Crippen LogP contribution in [-0.2, 0) is 16.2 Å². The Balaban J connectivity index is 1.60. The summed E-state index contributed by atoms with van der Waals surface area (Å²) in [7, 11) is 1.44. The maximum absolute atomic E-state index is 13.4. The predicted octanol–water partition coefficient (Wildman–Crippen LogP) is 4.73. The van der Waals surface area contributed by atoms with Gasteiger partial charge in [-0.3, -0.25) is 14.9 Å². The van der Waals surface area contributed by atoms with Crippen LogP contribution in [0.5, 0.6) is 11.5 Å². The lowest BCUT2D eigenvalue weighted by Crippen LogP contribution is -2.54. The van der Waals surface area contributed by atoms with Crippen molar-refractivity contribution in [3.8, 4) is 11.5 Å². The highest BCUT2D eigenvalue weighted by Crippen LogP contribution is 2.32. The molecule has 0 saturated carbocycles. The lowest BCUT2D eigenvalue weighted by atomic mass is 10.1. The summed E-state index contributed by atoms with van der Waals surface area (Å²) < 4.78 is 24.5. The van der Waals surface area contributed by atoms with Gasteiger partial charge in [0.2, 0.25) is 0 Å². The minimum atomic E-state index is -0.890. The Labute approximate surface area is 199 Å². The molecule has 1 aliphatic heterocycles. The number of rotatable bonds is 6. The van der Waals surface area contributed by atoms with Gasteiger partial charge < -0.3 is 9.47 Å². The van der Waals surface area contributed by atoms with E-state index in [0.717, 1.165) is 4.90 Å². The van der Waals surface area contributed by atoms with Crippen molar-refractivity contribution in [1.82, 2.24) is 5.32 Å². The number of carbonyl (C=O) groups is 3. The van der Waals surface area contributed by atoms with Crippen LogP contribution in [0.25, 0.3) is 6.08 Å². The van der Waals surface area contributed by atoms with E-state index in [2.05, 4.69) is 5.32 Å². The predicted molar refractivity (Wildman–Crippen MR) is 124 cm³/mol. The Morgan fingerprint density at radius 3 is 2.53 bits per heavy atom. The number of ether oxygens (including phenoxy) is 2. The number of urea groups is 1. The molecule has 0 aromatic heterocycles. The first kappa shape index (κ1) is 23.0. The van der Waals surface area contributed by atoms with Crippen molar-refractivity contribution in [2.24, 2.45) is 0 Å². The molecular formula is C25H18ClFN2O5. The third-order valence-electron chi connectivity index (χ3n) is 4.98. The third kappa shape index (κ3) is 4.77. The van der Waals surface area contributed by atoms with Crippen LogP contribution < -0.4 is 19.7 Å². The number of carbonyl (C=O) groups excluding carboxylic acids is 3. The zero-order valence-electron chi connectivity index (χ0n) is 17.9. The number of nitrogens with zero attached hydrogens (tertiary/aromatic N) is 1. The number of hydrogen-bond donors (Lipinski definition) is 1. The smallest absolute Gasteiger partial charge is 0.335 e. The Morgan fingerprint density at radius 1 is 1.00 bits per heavy atom. The van der Waals surface area contributed by atoms with Gasteiger partial charge in [-0.25, -0.2) is 14.1 Å². The molecule has 1 heterocycles. The fourth-order valence-corrected chi connectivity index (χ4v) is 3.58. The van der Waals surface area contributed by atoms with Crippen molar-refractivity contribution in [3.63, 3.8) is 0 Å². The van der Waals surface area contributed by atoms with Crippen molar-refractivity contribution in [1.29, 1.82) is 0 Å². The maximum Gasteiger partial charge on any atom is 0.335 e. The van der Waals surface area contributed by atoms with Gasteiger partial charge in [0.25, 0.3) is 11.8 Å². The van der Waals surface area contributed by atoms with Gasteiger partial charge in [0.15, 0.2) is 11.5 Å². The van der Waals surface area contributed by atoms with Crippen LogP contribution in [0.15, 0.2) is 72.3 Å². The van der Waals surface area contributed by atoms with Gasteiger partial charge in [0, 0.05) is 0 Å². The number of amides is 4. The number of imide groups is 2. The molecule has 0 bridgehead atoms. The highest BCUT2D eigenvalue weighted by Gasteiger charge is 2.37. The summed E-state index contributed by atoms with van der Waals surface area (Å²) in [4.78, 5) is 38.6. The number of barbiturate groups is 1. The summed E-state index contributed by atoms with van der Waals surface area (Å²) >= 11 is 6.14. The summed E-state index contributed by atoms with van der Waals surface area (Å²) in [6.07, 6.45) is 1.34. The Hall–Kier alpha value is -4.17. The molecule has 3 aromatic carbocycles. The molecule has 1 N–H and O–H groups in total. The summed E-state index contributed by atoms with van der Waals surface area (Å²) in [5, 5.41) is 2.33. The molecule has 4 rings (SSSR count). The van der Waals surface area contributed by atoms with Gasteiger partial charge in [0.1, 0.15) is 18.0 Å². The lowest BCUT2D eigenvalue weighted by Gasteiger charge is -2.27. The van der Waals surface area contributed by atoms with Crippen molar-refractivity contribution in [2.75, 3.05) is 12.0 Å². The number of halogens is 2. The van der Waals surface area contributed by atoms with Gasteiger partial charge in [-0.15, -0.1) is 0 Å². The van der Waals surface area contributed by atoms with Crippen molar-refractivity contribution >= 4 is 41.2 Å². The second kappa shape index (κ2) is 9.76. The average molecular weight is 481 g/mol. The molecule has 7 nitrogen and oxygen atoms in total. The van der Waals surface area contributed by atoms with Crippen LogP contribution in [0.1, 0.15) is 11.1 Å². The van der Waals surface area contributed by atoms with Crippen LogP contribution in [0.4, 0.5) is 14.9 Å². The molecule has 4 amide bonds. The van der Waals surface area contributed by atoms with E-state index in [-0.39, 0.29) is 28.7 Å².